The molecular formula is C14H25N3S. The first-order chi connectivity index (χ1) is 8.70. The maximum Gasteiger partial charge on any atom is 0.0942 e. The smallest absolute Gasteiger partial charge is 0.0942 e. The van der Waals surface area contributed by atoms with Crippen molar-refractivity contribution in [3.05, 3.63) is 11.8 Å². The Hall–Kier alpha value is -0.480. The van der Waals surface area contributed by atoms with Gasteiger partial charge in [0.05, 0.1) is 10.7 Å². The zero-order chi connectivity index (χ0) is 13.0. The van der Waals surface area contributed by atoms with Crippen LogP contribution in [0.3, 0.4) is 0 Å². The van der Waals surface area contributed by atoms with Gasteiger partial charge in [-0.05, 0) is 32.9 Å². The lowest BCUT2D eigenvalue weighted by molar-refractivity contribution is 0.420. The molecule has 1 fully saturated rings. The summed E-state index contributed by atoms with van der Waals surface area (Å²) in [6.07, 6.45) is 8.17. The average molecular weight is 267 g/mol. The minimum atomic E-state index is 0.644. The monoisotopic (exact) mass is 267 g/mol. The number of nitrogens with zero attached hydrogens (tertiary/aromatic N) is 2. The Morgan fingerprint density at radius 1 is 1.28 bits per heavy atom. The third-order valence-corrected chi connectivity index (χ3v) is 5.30. The minimum absolute atomic E-state index is 0.644. The highest BCUT2D eigenvalue weighted by Crippen LogP contribution is 2.32. The van der Waals surface area contributed by atoms with E-state index in [-0.39, 0.29) is 0 Å². The third kappa shape index (κ3) is 3.51. The van der Waals surface area contributed by atoms with Crippen molar-refractivity contribution in [2.75, 3.05) is 7.05 Å². The summed E-state index contributed by atoms with van der Waals surface area (Å²) in [5.74, 6) is 0. The van der Waals surface area contributed by atoms with Gasteiger partial charge in [0.2, 0.25) is 0 Å². The molecule has 0 saturated heterocycles. The van der Waals surface area contributed by atoms with Crippen molar-refractivity contribution >= 4 is 11.8 Å². The van der Waals surface area contributed by atoms with Crippen molar-refractivity contribution in [2.24, 2.45) is 7.05 Å². The second kappa shape index (κ2) is 6.62. The first kappa shape index (κ1) is 13.9. The Balaban J connectivity index is 2.05. The second-order valence-corrected chi connectivity index (χ2v) is 6.55. The van der Waals surface area contributed by atoms with Gasteiger partial charge in [0.1, 0.15) is 0 Å². The van der Waals surface area contributed by atoms with E-state index in [9.17, 15) is 0 Å². The van der Waals surface area contributed by atoms with Crippen LogP contribution in [0.15, 0.2) is 11.1 Å². The number of rotatable bonds is 3. The first-order valence-corrected chi connectivity index (χ1v) is 7.93. The first-order valence-electron chi connectivity index (χ1n) is 7.05. The molecule has 1 saturated carbocycles. The quantitative estimate of drug-likeness (QED) is 0.912. The Morgan fingerprint density at radius 3 is 2.61 bits per heavy atom. The number of hydrogen-bond donors (Lipinski definition) is 1. The Labute approximate surface area is 115 Å². The SMILES string of the molecule is CNC1CCCCCCC1Sc1cc(C)nn1C. The van der Waals surface area contributed by atoms with E-state index in [0.29, 0.717) is 11.3 Å². The molecule has 1 heterocycles. The Kier molecular flexibility index (Phi) is 5.13. The van der Waals surface area contributed by atoms with Crippen molar-refractivity contribution in [2.45, 2.75) is 61.8 Å². The van der Waals surface area contributed by atoms with Crippen molar-refractivity contribution in [3.63, 3.8) is 0 Å². The highest BCUT2D eigenvalue weighted by atomic mass is 32.2. The Bertz CT molecular complexity index is 375. The summed E-state index contributed by atoms with van der Waals surface area (Å²) in [5, 5.41) is 9.95. The van der Waals surface area contributed by atoms with Crippen LogP contribution < -0.4 is 5.32 Å². The number of aromatic nitrogens is 2. The van der Waals surface area contributed by atoms with Gasteiger partial charge in [-0.25, -0.2) is 0 Å². The largest absolute Gasteiger partial charge is 0.316 e. The molecule has 2 unspecified atom stereocenters. The van der Waals surface area contributed by atoms with Crippen LogP contribution in [0.1, 0.15) is 44.2 Å². The van der Waals surface area contributed by atoms with Gasteiger partial charge in [0.15, 0.2) is 0 Å². The molecule has 0 amide bonds. The van der Waals surface area contributed by atoms with Gasteiger partial charge in [-0.15, -0.1) is 11.8 Å². The second-order valence-electron chi connectivity index (χ2n) is 5.29. The molecular weight excluding hydrogens is 242 g/mol. The fourth-order valence-electron chi connectivity index (χ4n) is 2.77. The summed E-state index contributed by atoms with van der Waals surface area (Å²) in [7, 11) is 4.15. The van der Waals surface area contributed by atoms with Gasteiger partial charge >= 0.3 is 0 Å². The summed E-state index contributed by atoms with van der Waals surface area (Å²) in [4.78, 5) is 0. The van der Waals surface area contributed by atoms with E-state index in [4.69, 9.17) is 0 Å². The van der Waals surface area contributed by atoms with Gasteiger partial charge in [-0.1, -0.05) is 25.7 Å². The molecule has 1 N–H and O–H groups in total. The lowest BCUT2D eigenvalue weighted by Gasteiger charge is -2.28. The predicted octanol–water partition coefficient (Wildman–Crippen LogP) is 3.13. The van der Waals surface area contributed by atoms with Crippen LogP contribution in [-0.2, 0) is 7.05 Å². The molecule has 2 atom stereocenters. The molecule has 0 bridgehead atoms. The summed E-state index contributed by atoms with van der Waals surface area (Å²) < 4.78 is 2.02. The van der Waals surface area contributed by atoms with Crippen LogP contribution in [0.25, 0.3) is 0 Å². The summed E-state index contributed by atoms with van der Waals surface area (Å²) in [6, 6.07) is 2.85. The van der Waals surface area contributed by atoms with Gasteiger partial charge in [0, 0.05) is 18.3 Å². The van der Waals surface area contributed by atoms with E-state index in [1.807, 2.05) is 23.5 Å². The molecule has 0 aliphatic heterocycles. The summed E-state index contributed by atoms with van der Waals surface area (Å²) >= 11 is 2.01. The number of hydrogen-bond acceptors (Lipinski definition) is 3. The topological polar surface area (TPSA) is 29.9 Å². The zero-order valence-electron chi connectivity index (χ0n) is 11.8. The average Bonchev–Trinajstić information content (AvgIpc) is 2.62. The molecule has 1 aromatic heterocycles. The van der Waals surface area contributed by atoms with Gasteiger partial charge in [0.25, 0.3) is 0 Å². The van der Waals surface area contributed by atoms with Crippen molar-refractivity contribution in [1.29, 1.82) is 0 Å². The van der Waals surface area contributed by atoms with E-state index < -0.39 is 0 Å². The van der Waals surface area contributed by atoms with Crippen LogP contribution in [0.5, 0.6) is 0 Å². The maximum atomic E-state index is 4.44. The molecule has 1 aliphatic rings. The summed E-state index contributed by atoms with van der Waals surface area (Å²) in [5.41, 5.74) is 1.12. The molecule has 1 aliphatic carbocycles. The van der Waals surface area contributed by atoms with Gasteiger partial charge < -0.3 is 5.32 Å². The third-order valence-electron chi connectivity index (χ3n) is 3.80. The Morgan fingerprint density at radius 2 is 2.00 bits per heavy atom. The van der Waals surface area contributed by atoms with Crippen LogP contribution in [0.4, 0.5) is 0 Å². The zero-order valence-corrected chi connectivity index (χ0v) is 12.6. The van der Waals surface area contributed by atoms with E-state index in [1.165, 1.54) is 43.6 Å². The standard InChI is InChI=1S/C14H25N3S/c1-11-10-14(17(3)16-11)18-13-9-7-5-4-6-8-12(13)15-2/h10,12-13,15H,4-9H2,1-3H3. The maximum absolute atomic E-state index is 4.44. The lowest BCUT2D eigenvalue weighted by atomic mass is 9.96. The van der Waals surface area contributed by atoms with E-state index >= 15 is 0 Å². The highest BCUT2D eigenvalue weighted by molar-refractivity contribution is 7.99. The van der Waals surface area contributed by atoms with Crippen LogP contribution in [-0.4, -0.2) is 28.1 Å². The predicted molar refractivity (Wildman–Crippen MR) is 78.1 cm³/mol. The van der Waals surface area contributed by atoms with Crippen molar-refractivity contribution in [3.8, 4) is 0 Å². The van der Waals surface area contributed by atoms with E-state index in [1.54, 1.807) is 0 Å². The lowest BCUT2D eigenvalue weighted by Crippen LogP contribution is -2.36. The molecule has 18 heavy (non-hydrogen) atoms. The molecule has 3 nitrogen and oxygen atoms in total. The fourth-order valence-corrected chi connectivity index (χ4v) is 4.24. The molecule has 1 aromatic rings. The molecule has 0 spiro atoms. The molecule has 4 heteroatoms. The highest BCUT2D eigenvalue weighted by Gasteiger charge is 2.23. The molecule has 2 rings (SSSR count). The van der Waals surface area contributed by atoms with Gasteiger partial charge in [-0.3, -0.25) is 4.68 Å². The minimum Gasteiger partial charge on any atom is -0.316 e. The van der Waals surface area contributed by atoms with Crippen LogP contribution in [0.2, 0.25) is 0 Å². The van der Waals surface area contributed by atoms with Gasteiger partial charge in [-0.2, -0.15) is 5.10 Å². The number of aryl methyl sites for hydroxylation is 2. The normalized spacial score (nSPS) is 25.7. The fraction of sp³-hybridized carbons (Fsp3) is 0.786. The van der Waals surface area contributed by atoms with Crippen molar-refractivity contribution < 1.29 is 0 Å². The molecule has 0 radical (unpaired) electrons. The van der Waals surface area contributed by atoms with Crippen LogP contribution in [0, 0.1) is 6.92 Å². The van der Waals surface area contributed by atoms with Crippen molar-refractivity contribution in [1.82, 2.24) is 15.1 Å². The molecule has 102 valence electrons. The van der Waals surface area contributed by atoms with Crippen LogP contribution >= 0.6 is 11.8 Å². The van der Waals surface area contributed by atoms with E-state index in [2.05, 4.69) is 30.5 Å². The summed E-state index contributed by atoms with van der Waals surface area (Å²) in [6.45, 7) is 2.07. The molecule has 0 aromatic carbocycles. The number of thioether (sulfide) groups is 1. The number of nitrogens with one attached hydrogen (secondary N) is 1. The van der Waals surface area contributed by atoms with E-state index in [0.717, 1.165) is 5.69 Å².